The van der Waals surface area contributed by atoms with Gasteiger partial charge in [-0.2, -0.15) is 4.31 Å². The summed E-state index contributed by atoms with van der Waals surface area (Å²) in [6.45, 7) is -0.509. The maximum absolute atomic E-state index is 12.8. The Morgan fingerprint density at radius 1 is 1.18 bits per heavy atom. The first-order chi connectivity index (χ1) is 13.2. The van der Waals surface area contributed by atoms with E-state index in [2.05, 4.69) is 5.32 Å². The molecule has 0 saturated carbocycles. The number of non-ortho nitro benzene ring substituents is 1. The minimum absolute atomic E-state index is 0.103. The summed E-state index contributed by atoms with van der Waals surface area (Å²) in [5, 5.41) is 13.2. The van der Waals surface area contributed by atoms with E-state index in [4.69, 9.17) is 9.47 Å². The van der Waals surface area contributed by atoms with Gasteiger partial charge < -0.3 is 14.8 Å². The number of carbonyl (C=O) groups is 1. The zero-order chi connectivity index (χ0) is 20.9. The van der Waals surface area contributed by atoms with Crippen LogP contribution in [0.5, 0.6) is 11.5 Å². The van der Waals surface area contributed by atoms with Gasteiger partial charge in [-0.1, -0.05) is 6.07 Å². The molecule has 1 N–H and O–H groups in total. The number of hydrogen-bond acceptors (Lipinski definition) is 7. The molecule has 0 saturated heterocycles. The third-order valence-electron chi connectivity index (χ3n) is 3.77. The van der Waals surface area contributed by atoms with E-state index < -0.39 is 27.4 Å². The molecule has 0 radical (unpaired) electrons. The highest BCUT2D eigenvalue weighted by molar-refractivity contribution is 7.89. The van der Waals surface area contributed by atoms with Gasteiger partial charge in [0.05, 0.1) is 25.7 Å². The number of nitrogens with zero attached hydrogens (tertiary/aromatic N) is 2. The first-order valence-corrected chi connectivity index (χ1v) is 9.35. The van der Waals surface area contributed by atoms with Crippen LogP contribution in [0, 0.1) is 10.1 Å². The SMILES string of the molecule is COc1ccc(OC)c(S(=O)(=O)N(C)CC(=O)Nc2cccc([N+](=O)[O-])c2)c1. The lowest BCUT2D eigenvalue weighted by Gasteiger charge is -2.19. The number of amides is 1. The summed E-state index contributed by atoms with van der Waals surface area (Å²) >= 11 is 0. The molecule has 1 amide bonds. The normalized spacial score (nSPS) is 11.1. The maximum atomic E-state index is 12.8. The highest BCUT2D eigenvalue weighted by Crippen LogP contribution is 2.30. The Kier molecular flexibility index (Phi) is 6.54. The zero-order valence-corrected chi connectivity index (χ0v) is 16.2. The molecule has 0 spiro atoms. The number of anilines is 1. The van der Waals surface area contributed by atoms with Crippen molar-refractivity contribution in [1.29, 1.82) is 0 Å². The molecule has 0 aliphatic heterocycles. The molecule has 0 bridgehead atoms. The van der Waals surface area contributed by atoms with Gasteiger partial charge in [0, 0.05) is 30.9 Å². The summed E-state index contributed by atoms with van der Waals surface area (Å²) < 4.78 is 36.6. The van der Waals surface area contributed by atoms with Gasteiger partial charge in [0.2, 0.25) is 15.9 Å². The molecule has 11 heteroatoms. The average molecular weight is 409 g/mol. The Bertz CT molecular complexity index is 992. The van der Waals surface area contributed by atoms with E-state index in [1.807, 2.05) is 0 Å². The lowest BCUT2D eigenvalue weighted by molar-refractivity contribution is -0.384. The molecule has 0 aliphatic carbocycles. The van der Waals surface area contributed by atoms with E-state index in [0.29, 0.717) is 5.75 Å². The van der Waals surface area contributed by atoms with E-state index in [1.54, 1.807) is 6.07 Å². The fourth-order valence-corrected chi connectivity index (χ4v) is 3.63. The fourth-order valence-electron chi connectivity index (χ4n) is 2.34. The molecule has 150 valence electrons. The van der Waals surface area contributed by atoms with Crippen molar-refractivity contribution in [2.45, 2.75) is 4.90 Å². The van der Waals surface area contributed by atoms with Gasteiger partial charge in [-0.15, -0.1) is 0 Å². The van der Waals surface area contributed by atoms with Crippen LogP contribution in [0.15, 0.2) is 47.4 Å². The third-order valence-corrected chi connectivity index (χ3v) is 5.59. The van der Waals surface area contributed by atoms with E-state index in [9.17, 15) is 23.3 Å². The van der Waals surface area contributed by atoms with Gasteiger partial charge in [-0.05, 0) is 18.2 Å². The van der Waals surface area contributed by atoms with Crippen LogP contribution in [0.1, 0.15) is 0 Å². The summed E-state index contributed by atoms with van der Waals surface area (Å²) in [6.07, 6.45) is 0. The smallest absolute Gasteiger partial charge is 0.271 e. The molecule has 2 aromatic carbocycles. The highest BCUT2D eigenvalue weighted by atomic mass is 32.2. The second-order valence-electron chi connectivity index (χ2n) is 5.63. The van der Waals surface area contributed by atoms with Crippen molar-refractivity contribution < 1.29 is 27.6 Å². The van der Waals surface area contributed by atoms with Crippen LogP contribution in [-0.4, -0.2) is 51.4 Å². The van der Waals surface area contributed by atoms with Gasteiger partial charge in [0.15, 0.2) is 0 Å². The van der Waals surface area contributed by atoms with Crippen molar-refractivity contribution >= 4 is 27.3 Å². The molecule has 28 heavy (non-hydrogen) atoms. The predicted octanol–water partition coefficient (Wildman–Crippen LogP) is 1.87. The summed E-state index contributed by atoms with van der Waals surface area (Å²) in [5.41, 5.74) is -0.0103. The molecule has 0 aromatic heterocycles. The monoisotopic (exact) mass is 409 g/mol. The Morgan fingerprint density at radius 2 is 1.89 bits per heavy atom. The van der Waals surface area contributed by atoms with Crippen molar-refractivity contribution in [1.82, 2.24) is 4.31 Å². The number of hydrogen-bond donors (Lipinski definition) is 1. The molecule has 2 rings (SSSR count). The molecular formula is C17H19N3O7S. The van der Waals surface area contributed by atoms with Crippen LogP contribution >= 0.6 is 0 Å². The number of rotatable bonds is 8. The fraction of sp³-hybridized carbons (Fsp3) is 0.235. The largest absolute Gasteiger partial charge is 0.497 e. The number of carbonyl (C=O) groups excluding carboxylic acids is 1. The van der Waals surface area contributed by atoms with E-state index >= 15 is 0 Å². The number of likely N-dealkylation sites (N-methyl/N-ethyl adjacent to an activating group) is 1. The second kappa shape index (κ2) is 8.67. The summed E-state index contributed by atoms with van der Waals surface area (Å²) in [5.74, 6) is -0.242. The number of sulfonamides is 1. The Balaban J connectivity index is 2.19. The van der Waals surface area contributed by atoms with Gasteiger partial charge in [0.1, 0.15) is 16.4 Å². The number of methoxy groups -OCH3 is 2. The number of nitrogens with one attached hydrogen (secondary N) is 1. The topological polar surface area (TPSA) is 128 Å². The number of ether oxygens (including phenoxy) is 2. The zero-order valence-electron chi connectivity index (χ0n) is 15.4. The quantitative estimate of drug-likeness (QED) is 0.521. The Labute approximate surface area is 161 Å². The Hall–Kier alpha value is -3.18. The minimum Gasteiger partial charge on any atom is -0.497 e. The van der Waals surface area contributed by atoms with Crippen LogP contribution in [0.3, 0.4) is 0 Å². The highest BCUT2D eigenvalue weighted by Gasteiger charge is 2.27. The number of benzene rings is 2. The molecule has 0 atom stereocenters. The van der Waals surface area contributed by atoms with Crippen LogP contribution in [0.4, 0.5) is 11.4 Å². The third kappa shape index (κ3) is 4.75. The minimum atomic E-state index is -4.06. The first-order valence-electron chi connectivity index (χ1n) is 7.91. The van der Waals surface area contributed by atoms with Gasteiger partial charge in [-0.25, -0.2) is 8.42 Å². The molecular weight excluding hydrogens is 390 g/mol. The average Bonchev–Trinajstić information content (AvgIpc) is 2.67. The number of nitro benzene ring substituents is 1. The summed E-state index contributed by atoms with van der Waals surface area (Å²) in [6, 6.07) is 9.62. The molecule has 0 heterocycles. The van der Waals surface area contributed by atoms with Crippen LogP contribution in [0.25, 0.3) is 0 Å². The molecule has 10 nitrogen and oxygen atoms in total. The Morgan fingerprint density at radius 3 is 2.50 bits per heavy atom. The van der Waals surface area contributed by atoms with Gasteiger partial charge >= 0.3 is 0 Å². The van der Waals surface area contributed by atoms with Crippen molar-refractivity contribution in [3.8, 4) is 11.5 Å². The molecule has 0 fully saturated rings. The molecule has 2 aromatic rings. The van der Waals surface area contributed by atoms with Gasteiger partial charge in [-0.3, -0.25) is 14.9 Å². The van der Waals surface area contributed by atoms with Crippen molar-refractivity contribution in [3.63, 3.8) is 0 Å². The van der Waals surface area contributed by atoms with Crippen LogP contribution in [-0.2, 0) is 14.8 Å². The molecule has 0 unspecified atom stereocenters. The lowest BCUT2D eigenvalue weighted by atomic mass is 10.3. The van der Waals surface area contributed by atoms with E-state index in [1.165, 1.54) is 57.7 Å². The number of nitro groups is 1. The second-order valence-corrected chi connectivity index (χ2v) is 7.65. The molecule has 0 aliphatic rings. The van der Waals surface area contributed by atoms with Crippen molar-refractivity contribution in [3.05, 3.63) is 52.6 Å². The predicted molar refractivity (Wildman–Crippen MR) is 101 cm³/mol. The van der Waals surface area contributed by atoms with Crippen LogP contribution < -0.4 is 14.8 Å². The summed E-state index contributed by atoms with van der Waals surface area (Å²) in [7, 11) is -0.100. The lowest BCUT2D eigenvalue weighted by Crippen LogP contribution is -2.35. The van der Waals surface area contributed by atoms with Crippen molar-refractivity contribution in [2.24, 2.45) is 0 Å². The maximum Gasteiger partial charge on any atom is 0.271 e. The van der Waals surface area contributed by atoms with Crippen molar-refractivity contribution in [2.75, 3.05) is 33.1 Å². The van der Waals surface area contributed by atoms with Gasteiger partial charge in [0.25, 0.3) is 5.69 Å². The first kappa shape index (κ1) is 21.1. The van der Waals surface area contributed by atoms with E-state index in [-0.39, 0.29) is 22.0 Å². The van der Waals surface area contributed by atoms with E-state index in [0.717, 1.165) is 4.31 Å². The standard InChI is InChI=1S/C17H19N3O7S/c1-19(11-17(21)18-12-5-4-6-13(9-12)20(22)23)28(24,25)16-10-14(26-2)7-8-15(16)27-3/h4-10H,11H2,1-3H3,(H,18,21). The van der Waals surface area contributed by atoms with Crippen LogP contribution in [0.2, 0.25) is 0 Å². The summed E-state index contributed by atoms with van der Waals surface area (Å²) in [4.78, 5) is 22.3.